The maximum Gasteiger partial charge on any atom is 0.328 e. The average Bonchev–Trinajstić information content (AvgIpc) is 2.55. The van der Waals surface area contributed by atoms with Gasteiger partial charge in [-0.3, -0.25) is 9.59 Å². The van der Waals surface area contributed by atoms with E-state index in [1.54, 1.807) is 18.2 Å². The molecule has 0 aliphatic rings. The van der Waals surface area contributed by atoms with Crippen molar-refractivity contribution in [1.82, 2.24) is 10.6 Å². The molecular weight excluding hydrogens is 424 g/mol. The highest BCUT2D eigenvalue weighted by molar-refractivity contribution is 9.10. The molecular formula is C18H24BrClN2O4. The van der Waals surface area contributed by atoms with Crippen LogP contribution in [-0.4, -0.2) is 37.0 Å². The number of hydrogen-bond acceptors (Lipinski definition) is 4. The lowest BCUT2D eigenvalue weighted by atomic mass is 10.0. The Morgan fingerprint density at radius 2 is 1.85 bits per heavy atom. The molecule has 0 fully saturated rings. The van der Waals surface area contributed by atoms with E-state index < -0.39 is 24.0 Å². The Balaban J connectivity index is 2.98. The summed E-state index contributed by atoms with van der Waals surface area (Å²) in [5.74, 6) is -1.12. The monoisotopic (exact) mass is 446 g/mol. The van der Waals surface area contributed by atoms with Crippen LogP contribution in [-0.2, 0) is 25.5 Å². The van der Waals surface area contributed by atoms with E-state index in [9.17, 15) is 14.4 Å². The van der Waals surface area contributed by atoms with Gasteiger partial charge in [-0.15, -0.1) is 0 Å². The molecule has 0 saturated heterocycles. The van der Waals surface area contributed by atoms with Crippen molar-refractivity contribution in [2.24, 2.45) is 5.92 Å². The lowest BCUT2D eigenvalue weighted by Gasteiger charge is -2.23. The van der Waals surface area contributed by atoms with E-state index in [0.29, 0.717) is 11.4 Å². The van der Waals surface area contributed by atoms with Gasteiger partial charge in [-0.2, -0.15) is 0 Å². The summed E-state index contributed by atoms with van der Waals surface area (Å²) in [6.45, 7) is 5.24. The number of nitrogens with one attached hydrogen (secondary N) is 2. The van der Waals surface area contributed by atoms with Crippen LogP contribution in [0.1, 0.15) is 32.8 Å². The second kappa shape index (κ2) is 10.5. The normalized spacial score (nSPS) is 13.0. The zero-order chi connectivity index (χ0) is 19.9. The van der Waals surface area contributed by atoms with E-state index in [-0.39, 0.29) is 18.2 Å². The van der Waals surface area contributed by atoms with E-state index in [1.165, 1.54) is 14.0 Å². The Kier molecular flexibility index (Phi) is 9.08. The van der Waals surface area contributed by atoms with Crippen LogP contribution in [0.4, 0.5) is 0 Å². The summed E-state index contributed by atoms with van der Waals surface area (Å²) >= 11 is 9.42. The first-order chi connectivity index (χ1) is 12.1. The second-order valence-corrected chi connectivity index (χ2v) is 7.70. The third kappa shape index (κ3) is 7.33. The van der Waals surface area contributed by atoms with Gasteiger partial charge in [0.2, 0.25) is 11.8 Å². The molecule has 0 heterocycles. The number of amides is 2. The van der Waals surface area contributed by atoms with Crippen molar-refractivity contribution < 1.29 is 19.1 Å². The van der Waals surface area contributed by atoms with E-state index >= 15 is 0 Å². The molecule has 0 spiro atoms. The number of carbonyl (C=O) groups is 3. The van der Waals surface area contributed by atoms with E-state index in [4.69, 9.17) is 16.3 Å². The maximum atomic E-state index is 12.6. The van der Waals surface area contributed by atoms with Crippen molar-refractivity contribution >= 4 is 45.3 Å². The third-order valence-corrected chi connectivity index (χ3v) is 4.64. The van der Waals surface area contributed by atoms with Gasteiger partial charge in [0.25, 0.3) is 0 Å². The number of ether oxygens (including phenoxy) is 1. The second-order valence-electron chi connectivity index (χ2n) is 6.41. The smallest absolute Gasteiger partial charge is 0.328 e. The molecule has 0 bridgehead atoms. The molecule has 0 aromatic heterocycles. The molecule has 0 aliphatic carbocycles. The van der Waals surface area contributed by atoms with Gasteiger partial charge in [-0.05, 0) is 36.1 Å². The van der Waals surface area contributed by atoms with Crippen molar-refractivity contribution in [3.8, 4) is 0 Å². The molecule has 8 heteroatoms. The van der Waals surface area contributed by atoms with Crippen LogP contribution < -0.4 is 10.6 Å². The molecule has 2 amide bonds. The minimum absolute atomic E-state index is 0.191. The van der Waals surface area contributed by atoms with Crippen LogP contribution in [0.25, 0.3) is 0 Å². The summed E-state index contributed by atoms with van der Waals surface area (Å²) in [6.07, 6.45) is 0.661. The standard InChI is InChI=1S/C18H24BrClN2O4/c1-10(2)7-15(21-11(3)23)17(24)22-16(18(25)26-4)9-12-8-13(20)5-6-14(12)19/h5-6,8,10,15-16H,7,9H2,1-4H3,(H,21,23)(H,22,24)/t15-,16-/m0/s1. The average molecular weight is 448 g/mol. The summed E-state index contributed by atoms with van der Waals surface area (Å²) in [5.41, 5.74) is 0.758. The van der Waals surface area contributed by atoms with Crippen molar-refractivity contribution in [3.63, 3.8) is 0 Å². The quantitative estimate of drug-likeness (QED) is 0.600. The van der Waals surface area contributed by atoms with Gasteiger partial charge >= 0.3 is 5.97 Å². The fraction of sp³-hybridized carbons (Fsp3) is 0.500. The molecule has 1 aromatic rings. The van der Waals surface area contributed by atoms with Gasteiger partial charge in [0.15, 0.2) is 0 Å². The van der Waals surface area contributed by atoms with E-state index in [1.807, 2.05) is 13.8 Å². The number of hydrogen-bond donors (Lipinski definition) is 2. The number of carbonyl (C=O) groups excluding carboxylic acids is 3. The summed E-state index contributed by atoms with van der Waals surface area (Å²) in [6, 6.07) is 3.59. The maximum absolute atomic E-state index is 12.6. The topological polar surface area (TPSA) is 84.5 Å². The van der Waals surface area contributed by atoms with Crippen LogP contribution in [0.5, 0.6) is 0 Å². The number of benzene rings is 1. The Morgan fingerprint density at radius 3 is 2.38 bits per heavy atom. The Morgan fingerprint density at radius 1 is 1.19 bits per heavy atom. The molecule has 1 rings (SSSR count). The Hall–Kier alpha value is -1.60. The van der Waals surface area contributed by atoms with Gasteiger partial charge in [0, 0.05) is 22.8 Å². The lowest BCUT2D eigenvalue weighted by Crippen LogP contribution is -2.52. The van der Waals surface area contributed by atoms with Crippen LogP contribution >= 0.6 is 27.5 Å². The van der Waals surface area contributed by atoms with Crippen LogP contribution in [0, 0.1) is 5.92 Å². The van der Waals surface area contributed by atoms with Crippen molar-refractivity contribution in [2.75, 3.05) is 7.11 Å². The zero-order valence-electron chi connectivity index (χ0n) is 15.3. The molecule has 0 aliphatic heterocycles. The predicted molar refractivity (Wildman–Crippen MR) is 104 cm³/mol. The largest absolute Gasteiger partial charge is 0.467 e. The summed E-state index contributed by atoms with van der Waals surface area (Å²) in [7, 11) is 1.26. The van der Waals surface area contributed by atoms with Gasteiger partial charge in [0.05, 0.1) is 7.11 Å². The molecule has 0 unspecified atom stereocenters. The first-order valence-electron chi connectivity index (χ1n) is 8.23. The highest BCUT2D eigenvalue weighted by Gasteiger charge is 2.28. The Bertz CT molecular complexity index is 667. The number of halogens is 2. The number of methoxy groups -OCH3 is 1. The van der Waals surface area contributed by atoms with Gasteiger partial charge < -0.3 is 15.4 Å². The van der Waals surface area contributed by atoms with Crippen LogP contribution in [0.15, 0.2) is 22.7 Å². The van der Waals surface area contributed by atoms with Crippen molar-refractivity contribution in [1.29, 1.82) is 0 Å². The molecule has 0 saturated carbocycles. The first kappa shape index (κ1) is 22.4. The highest BCUT2D eigenvalue weighted by Crippen LogP contribution is 2.22. The first-order valence-corrected chi connectivity index (χ1v) is 9.40. The molecule has 2 N–H and O–H groups in total. The fourth-order valence-electron chi connectivity index (χ4n) is 2.48. The van der Waals surface area contributed by atoms with Gasteiger partial charge in [0.1, 0.15) is 12.1 Å². The summed E-state index contributed by atoms with van der Waals surface area (Å²) in [4.78, 5) is 36.1. The third-order valence-electron chi connectivity index (χ3n) is 3.64. The predicted octanol–water partition coefficient (Wildman–Crippen LogP) is 2.85. The summed E-state index contributed by atoms with van der Waals surface area (Å²) < 4.78 is 5.58. The molecule has 26 heavy (non-hydrogen) atoms. The lowest BCUT2D eigenvalue weighted by molar-refractivity contribution is -0.145. The zero-order valence-corrected chi connectivity index (χ0v) is 17.6. The minimum atomic E-state index is -0.898. The van der Waals surface area contributed by atoms with Gasteiger partial charge in [-0.25, -0.2) is 4.79 Å². The molecule has 144 valence electrons. The summed E-state index contributed by atoms with van der Waals surface area (Å²) in [5, 5.41) is 5.83. The number of rotatable bonds is 8. The SMILES string of the molecule is COC(=O)[C@H](Cc1cc(Cl)ccc1Br)NC(=O)[C@H](CC(C)C)NC(C)=O. The van der Waals surface area contributed by atoms with E-state index in [2.05, 4.69) is 26.6 Å². The Labute approximate surface area is 167 Å². The van der Waals surface area contributed by atoms with E-state index in [0.717, 1.165) is 10.0 Å². The van der Waals surface area contributed by atoms with Crippen molar-refractivity contribution in [2.45, 2.75) is 45.7 Å². The molecule has 6 nitrogen and oxygen atoms in total. The van der Waals surface area contributed by atoms with Crippen LogP contribution in [0.2, 0.25) is 5.02 Å². The number of esters is 1. The fourth-order valence-corrected chi connectivity index (χ4v) is 3.08. The van der Waals surface area contributed by atoms with Crippen molar-refractivity contribution in [3.05, 3.63) is 33.3 Å². The van der Waals surface area contributed by atoms with Gasteiger partial charge in [-0.1, -0.05) is 41.4 Å². The van der Waals surface area contributed by atoms with Crippen LogP contribution in [0.3, 0.4) is 0 Å². The minimum Gasteiger partial charge on any atom is -0.467 e. The highest BCUT2D eigenvalue weighted by atomic mass is 79.9. The molecule has 1 aromatic carbocycles. The molecule has 0 radical (unpaired) electrons. The molecule has 2 atom stereocenters.